The third-order valence-electron chi connectivity index (χ3n) is 2.65. The minimum atomic E-state index is -4.68. The summed E-state index contributed by atoms with van der Waals surface area (Å²) in [7, 11) is -4.36. The molecule has 0 aromatic heterocycles. The Hall–Kier alpha value is -1.80. The Kier molecular flexibility index (Phi) is 4.35. The molecule has 0 spiro atoms. The number of hydrogen-bond acceptors (Lipinski definition) is 2. The van der Waals surface area contributed by atoms with Crippen LogP contribution in [-0.4, -0.2) is 8.42 Å². The zero-order chi connectivity index (χ0) is 16.5. The highest BCUT2D eigenvalue weighted by Gasteiger charge is 2.31. The fourth-order valence-electron chi connectivity index (χ4n) is 1.62. The first-order valence-electron chi connectivity index (χ1n) is 5.75. The Labute approximate surface area is 128 Å². The van der Waals surface area contributed by atoms with Crippen molar-refractivity contribution >= 4 is 27.3 Å². The van der Waals surface area contributed by atoms with Crippen LogP contribution in [0.4, 0.5) is 23.2 Å². The molecule has 0 amide bonds. The first-order chi connectivity index (χ1) is 10.1. The van der Waals surface area contributed by atoms with Crippen molar-refractivity contribution in [2.75, 3.05) is 4.72 Å². The van der Waals surface area contributed by atoms with Crippen molar-refractivity contribution in [3.05, 3.63) is 58.9 Å². The number of halogens is 5. The zero-order valence-electron chi connectivity index (χ0n) is 10.7. The summed E-state index contributed by atoms with van der Waals surface area (Å²) in [6, 6.07) is 6.34. The monoisotopic (exact) mass is 353 g/mol. The summed E-state index contributed by atoms with van der Waals surface area (Å²) in [4.78, 5) is -0.628. The van der Waals surface area contributed by atoms with Gasteiger partial charge in [-0.2, -0.15) is 13.2 Å². The maximum absolute atomic E-state index is 13.6. The van der Waals surface area contributed by atoms with Gasteiger partial charge in [-0.15, -0.1) is 0 Å². The predicted octanol–water partition coefficient (Wildman–Crippen LogP) is 4.30. The van der Waals surface area contributed by atoms with Crippen molar-refractivity contribution in [2.45, 2.75) is 11.1 Å². The van der Waals surface area contributed by atoms with Gasteiger partial charge in [0.1, 0.15) is 5.82 Å². The molecule has 0 heterocycles. The minimum absolute atomic E-state index is 0.0551. The highest BCUT2D eigenvalue weighted by Crippen LogP contribution is 2.31. The van der Waals surface area contributed by atoms with Crippen LogP contribution in [0.25, 0.3) is 0 Å². The molecule has 2 rings (SSSR count). The van der Waals surface area contributed by atoms with Crippen molar-refractivity contribution < 1.29 is 26.0 Å². The largest absolute Gasteiger partial charge is 0.416 e. The van der Waals surface area contributed by atoms with Crippen LogP contribution in [0, 0.1) is 5.82 Å². The van der Waals surface area contributed by atoms with E-state index >= 15 is 0 Å². The van der Waals surface area contributed by atoms with Crippen LogP contribution in [0.5, 0.6) is 0 Å². The molecule has 9 heteroatoms. The molecule has 0 aliphatic rings. The lowest BCUT2D eigenvalue weighted by Gasteiger charge is -2.11. The molecule has 0 radical (unpaired) electrons. The third kappa shape index (κ3) is 3.69. The van der Waals surface area contributed by atoms with E-state index in [9.17, 15) is 26.0 Å². The lowest BCUT2D eigenvalue weighted by atomic mass is 10.2. The summed E-state index contributed by atoms with van der Waals surface area (Å²) in [6.07, 6.45) is -4.68. The maximum atomic E-state index is 13.6. The second-order valence-corrected chi connectivity index (χ2v) is 6.37. The van der Waals surface area contributed by atoms with Gasteiger partial charge >= 0.3 is 6.18 Å². The third-order valence-corrected chi connectivity index (χ3v) is 4.25. The molecular formula is C13H8ClF4NO2S. The molecule has 0 aliphatic heterocycles. The van der Waals surface area contributed by atoms with Crippen molar-refractivity contribution in [3.8, 4) is 0 Å². The van der Waals surface area contributed by atoms with Crippen molar-refractivity contribution in [2.24, 2.45) is 0 Å². The van der Waals surface area contributed by atoms with E-state index in [4.69, 9.17) is 11.6 Å². The van der Waals surface area contributed by atoms with Crippen LogP contribution in [0.2, 0.25) is 5.02 Å². The molecule has 118 valence electrons. The number of rotatable bonds is 3. The molecule has 3 nitrogen and oxygen atoms in total. The number of alkyl halides is 3. The van der Waals surface area contributed by atoms with Gasteiger partial charge < -0.3 is 0 Å². The van der Waals surface area contributed by atoms with Gasteiger partial charge in [0.25, 0.3) is 10.0 Å². The first-order valence-corrected chi connectivity index (χ1v) is 7.61. The van der Waals surface area contributed by atoms with Crippen molar-refractivity contribution in [3.63, 3.8) is 0 Å². The van der Waals surface area contributed by atoms with E-state index in [1.165, 1.54) is 6.07 Å². The predicted molar refractivity (Wildman–Crippen MR) is 73.7 cm³/mol. The van der Waals surface area contributed by atoms with Gasteiger partial charge in [0.15, 0.2) is 0 Å². The molecule has 0 atom stereocenters. The van der Waals surface area contributed by atoms with E-state index in [1.54, 1.807) is 0 Å². The van der Waals surface area contributed by atoms with Crippen molar-refractivity contribution in [1.29, 1.82) is 0 Å². The Balaban J connectivity index is 2.39. The van der Waals surface area contributed by atoms with Gasteiger partial charge in [-0.25, -0.2) is 12.8 Å². The SMILES string of the molecule is O=S(=O)(Nc1ccc(Cl)cc1F)c1cccc(C(F)(F)F)c1. The minimum Gasteiger partial charge on any atom is -0.277 e. The number of nitrogens with one attached hydrogen (secondary N) is 1. The molecule has 0 aliphatic carbocycles. The van der Waals surface area contributed by atoms with E-state index in [0.29, 0.717) is 6.07 Å². The average Bonchev–Trinajstić information content (AvgIpc) is 2.41. The molecule has 0 bridgehead atoms. The quantitative estimate of drug-likeness (QED) is 0.836. The van der Waals surface area contributed by atoms with Gasteiger partial charge in [0, 0.05) is 5.02 Å². The van der Waals surface area contributed by atoms with Gasteiger partial charge in [0.2, 0.25) is 0 Å². The van der Waals surface area contributed by atoms with Gasteiger partial charge in [-0.1, -0.05) is 17.7 Å². The zero-order valence-corrected chi connectivity index (χ0v) is 12.2. The second kappa shape index (κ2) is 5.77. The smallest absolute Gasteiger partial charge is 0.277 e. The van der Waals surface area contributed by atoms with Crippen LogP contribution in [0.3, 0.4) is 0 Å². The Bertz CT molecular complexity index is 806. The van der Waals surface area contributed by atoms with Gasteiger partial charge in [-0.3, -0.25) is 4.72 Å². The molecule has 22 heavy (non-hydrogen) atoms. The molecule has 2 aromatic rings. The summed E-state index contributed by atoms with van der Waals surface area (Å²) in [6.45, 7) is 0. The summed E-state index contributed by atoms with van der Waals surface area (Å²) < 4.78 is 77.3. The van der Waals surface area contributed by atoms with Crippen LogP contribution < -0.4 is 4.72 Å². The molecule has 0 saturated carbocycles. The summed E-state index contributed by atoms with van der Waals surface area (Å²) in [5, 5.41) is 0.0551. The van der Waals surface area contributed by atoms with Crippen LogP contribution in [-0.2, 0) is 16.2 Å². The molecule has 1 N–H and O–H groups in total. The standard InChI is InChI=1S/C13H8ClF4NO2S/c14-9-4-5-12(11(15)7-9)19-22(20,21)10-3-1-2-8(6-10)13(16,17)18/h1-7,19H. The van der Waals surface area contributed by atoms with E-state index in [2.05, 4.69) is 0 Å². The summed E-state index contributed by atoms with van der Waals surface area (Å²) >= 11 is 5.53. The van der Waals surface area contributed by atoms with E-state index < -0.39 is 38.2 Å². The van der Waals surface area contributed by atoms with E-state index in [0.717, 1.165) is 30.3 Å². The summed E-state index contributed by atoms with van der Waals surface area (Å²) in [5.74, 6) is -0.942. The fourth-order valence-corrected chi connectivity index (χ4v) is 2.89. The maximum Gasteiger partial charge on any atom is 0.416 e. The first kappa shape index (κ1) is 16.6. The molecule has 2 aromatic carbocycles. The highest BCUT2D eigenvalue weighted by molar-refractivity contribution is 7.92. The lowest BCUT2D eigenvalue weighted by Crippen LogP contribution is -2.15. The number of sulfonamides is 1. The molecule has 0 saturated heterocycles. The fraction of sp³-hybridized carbons (Fsp3) is 0.0769. The summed E-state index contributed by atoms with van der Waals surface area (Å²) in [5.41, 5.74) is -1.53. The van der Waals surface area contributed by atoms with E-state index in [1.807, 2.05) is 4.72 Å². The van der Waals surface area contributed by atoms with Gasteiger partial charge in [-0.05, 0) is 36.4 Å². The normalized spacial score (nSPS) is 12.2. The van der Waals surface area contributed by atoms with Crippen LogP contribution in [0.1, 0.15) is 5.56 Å². The number of anilines is 1. The Morgan fingerprint density at radius 2 is 1.73 bits per heavy atom. The topological polar surface area (TPSA) is 46.2 Å². The number of hydrogen-bond donors (Lipinski definition) is 1. The molecular weight excluding hydrogens is 346 g/mol. The van der Waals surface area contributed by atoms with Crippen LogP contribution >= 0.6 is 11.6 Å². The molecule has 0 unspecified atom stereocenters. The lowest BCUT2D eigenvalue weighted by molar-refractivity contribution is -0.137. The van der Waals surface area contributed by atoms with Crippen molar-refractivity contribution in [1.82, 2.24) is 0 Å². The molecule has 0 fully saturated rings. The van der Waals surface area contributed by atoms with E-state index in [-0.39, 0.29) is 5.02 Å². The van der Waals surface area contributed by atoms with Crippen LogP contribution in [0.15, 0.2) is 47.4 Å². The van der Waals surface area contributed by atoms with Gasteiger partial charge in [0.05, 0.1) is 16.1 Å². The highest BCUT2D eigenvalue weighted by atomic mass is 35.5. The Morgan fingerprint density at radius 3 is 2.32 bits per heavy atom. The Morgan fingerprint density at radius 1 is 1.05 bits per heavy atom. The average molecular weight is 354 g/mol. The second-order valence-electron chi connectivity index (χ2n) is 4.26. The number of benzene rings is 2.